The van der Waals surface area contributed by atoms with Crippen LogP contribution in [0.2, 0.25) is 0 Å². The lowest BCUT2D eigenvalue weighted by Gasteiger charge is -2.17. The van der Waals surface area contributed by atoms with Gasteiger partial charge in [0.05, 0.1) is 13.2 Å². The van der Waals surface area contributed by atoms with Crippen molar-refractivity contribution in [3.63, 3.8) is 0 Å². The van der Waals surface area contributed by atoms with Crippen LogP contribution in [0.5, 0.6) is 5.75 Å². The van der Waals surface area contributed by atoms with Crippen LogP contribution in [0.3, 0.4) is 0 Å². The summed E-state index contributed by atoms with van der Waals surface area (Å²) in [5.74, 6) is -0.668. The Morgan fingerprint density at radius 3 is 2.26 bits per heavy atom. The van der Waals surface area contributed by atoms with Gasteiger partial charge in [-0.2, -0.15) is 0 Å². The highest BCUT2D eigenvalue weighted by atomic mass is 16.5. The number of benzene rings is 1. The molecule has 1 aromatic carbocycles. The summed E-state index contributed by atoms with van der Waals surface area (Å²) in [4.78, 5) is 22.4. The number of amides is 2. The Kier molecular flexibility index (Phi) is 5.13. The molecule has 7 nitrogen and oxygen atoms in total. The molecule has 0 aliphatic rings. The maximum absolute atomic E-state index is 11.6. The normalized spacial score (nSPS) is 13.2. The van der Waals surface area contributed by atoms with Gasteiger partial charge in [-0.25, -0.2) is 9.59 Å². The van der Waals surface area contributed by atoms with Gasteiger partial charge < -0.3 is 25.6 Å². The number of anilines is 1. The fourth-order valence-corrected chi connectivity index (χ4v) is 1.37. The number of methoxy groups -OCH3 is 1. The fraction of sp³-hybridized carbons (Fsp3) is 0.333. The molecular weight excluding hydrogens is 252 g/mol. The number of ether oxygens (including phenoxy) is 1. The van der Waals surface area contributed by atoms with E-state index in [0.717, 1.165) is 0 Å². The van der Waals surface area contributed by atoms with Gasteiger partial charge in [-0.1, -0.05) is 0 Å². The summed E-state index contributed by atoms with van der Waals surface area (Å²) < 4.78 is 4.96. The topological polar surface area (TPSA) is 108 Å². The van der Waals surface area contributed by atoms with Crippen LogP contribution in [0.15, 0.2) is 24.3 Å². The van der Waals surface area contributed by atoms with Crippen LogP contribution in [0.25, 0.3) is 0 Å². The van der Waals surface area contributed by atoms with Crippen molar-refractivity contribution < 1.29 is 24.5 Å². The van der Waals surface area contributed by atoms with E-state index in [0.29, 0.717) is 11.4 Å². The second kappa shape index (κ2) is 6.60. The summed E-state index contributed by atoms with van der Waals surface area (Å²) in [7, 11) is 1.52. The predicted molar refractivity (Wildman–Crippen MR) is 68.3 cm³/mol. The van der Waals surface area contributed by atoms with Gasteiger partial charge in [-0.15, -0.1) is 0 Å². The van der Waals surface area contributed by atoms with Crippen LogP contribution in [0.1, 0.15) is 6.92 Å². The van der Waals surface area contributed by atoms with Crippen molar-refractivity contribution in [3.8, 4) is 5.75 Å². The van der Waals surface area contributed by atoms with E-state index < -0.39 is 24.1 Å². The minimum Gasteiger partial charge on any atom is -0.497 e. The molecule has 2 amide bonds. The monoisotopic (exact) mass is 268 g/mol. The summed E-state index contributed by atoms with van der Waals surface area (Å²) in [6.07, 6.45) is -1.20. The number of aliphatic hydroxyl groups excluding tert-OH is 1. The molecule has 1 rings (SSSR count). The van der Waals surface area contributed by atoms with Crippen molar-refractivity contribution in [2.24, 2.45) is 0 Å². The van der Waals surface area contributed by atoms with Gasteiger partial charge in [0.25, 0.3) is 0 Å². The molecule has 0 aliphatic heterocycles. The second-order valence-corrected chi connectivity index (χ2v) is 3.88. The van der Waals surface area contributed by atoms with Crippen LogP contribution in [0.4, 0.5) is 10.5 Å². The van der Waals surface area contributed by atoms with Crippen molar-refractivity contribution in [3.05, 3.63) is 24.3 Å². The van der Waals surface area contributed by atoms with E-state index in [2.05, 4.69) is 10.6 Å². The fourth-order valence-electron chi connectivity index (χ4n) is 1.37. The molecular formula is C12H16N2O5. The number of aliphatic carboxylic acids is 1. The number of carboxylic acid groups (broad SMARTS) is 1. The van der Waals surface area contributed by atoms with Crippen molar-refractivity contribution in [2.45, 2.75) is 19.1 Å². The zero-order valence-electron chi connectivity index (χ0n) is 10.6. The van der Waals surface area contributed by atoms with E-state index in [9.17, 15) is 14.7 Å². The number of urea groups is 1. The minimum absolute atomic E-state index is 0.480. The third kappa shape index (κ3) is 4.47. The number of carbonyl (C=O) groups excluding carboxylic acids is 1. The molecule has 0 bridgehead atoms. The molecule has 2 atom stereocenters. The molecule has 0 aromatic heterocycles. The molecule has 19 heavy (non-hydrogen) atoms. The molecule has 0 saturated carbocycles. The number of hydrogen-bond donors (Lipinski definition) is 4. The van der Waals surface area contributed by atoms with Crippen LogP contribution < -0.4 is 15.4 Å². The first-order valence-electron chi connectivity index (χ1n) is 5.56. The van der Waals surface area contributed by atoms with Gasteiger partial charge in [0, 0.05) is 5.69 Å². The number of hydrogen-bond acceptors (Lipinski definition) is 4. The summed E-state index contributed by atoms with van der Waals surface area (Å²) >= 11 is 0. The Bertz CT molecular complexity index is 444. The van der Waals surface area contributed by atoms with Gasteiger partial charge in [0.1, 0.15) is 5.75 Å². The smallest absolute Gasteiger partial charge is 0.328 e. The molecule has 4 N–H and O–H groups in total. The van der Waals surface area contributed by atoms with Crippen LogP contribution in [-0.4, -0.2) is 41.5 Å². The standard InChI is InChI=1S/C12H16N2O5/c1-7(15)10(11(16)17)14-12(18)13-8-3-5-9(19-2)6-4-8/h3-7,10,15H,1-2H3,(H,16,17)(H2,13,14,18). The summed E-state index contributed by atoms with van der Waals surface area (Å²) in [5.41, 5.74) is 0.480. The minimum atomic E-state index is -1.36. The highest BCUT2D eigenvalue weighted by molar-refractivity contribution is 5.92. The van der Waals surface area contributed by atoms with Gasteiger partial charge in [-0.05, 0) is 31.2 Å². The van der Waals surface area contributed by atoms with Gasteiger partial charge in [-0.3, -0.25) is 0 Å². The lowest BCUT2D eigenvalue weighted by molar-refractivity contribution is -0.141. The number of rotatable bonds is 5. The number of carbonyl (C=O) groups is 2. The quantitative estimate of drug-likeness (QED) is 0.627. The molecule has 0 radical (unpaired) electrons. The van der Waals surface area contributed by atoms with E-state index in [4.69, 9.17) is 9.84 Å². The van der Waals surface area contributed by atoms with E-state index in [1.807, 2.05) is 0 Å². The molecule has 7 heteroatoms. The van der Waals surface area contributed by atoms with Gasteiger partial charge >= 0.3 is 12.0 Å². The lowest BCUT2D eigenvalue weighted by atomic mass is 10.2. The number of nitrogens with one attached hydrogen (secondary N) is 2. The van der Waals surface area contributed by atoms with Gasteiger partial charge in [0.2, 0.25) is 0 Å². The largest absolute Gasteiger partial charge is 0.497 e. The van der Waals surface area contributed by atoms with E-state index in [1.54, 1.807) is 24.3 Å². The number of aliphatic hydroxyl groups is 1. The Morgan fingerprint density at radius 2 is 1.84 bits per heavy atom. The third-order valence-corrected chi connectivity index (χ3v) is 2.38. The van der Waals surface area contributed by atoms with E-state index in [1.165, 1.54) is 14.0 Å². The molecule has 2 unspecified atom stereocenters. The first kappa shape index (κ1) is 14.8. The van der Waals surface area contributed by atoms with E-state index >= 15 is 0 Å². The highest BCUT2D eigenvalue weighted by Crippen LogP contribution is 2.14. The molecule has 104 valence electrons. The molecule has 0 spiro atoms. The average molecular weight is 268 g/mol. The predicted octanol–water partition coefficient (Wildman–Crippen LogP) is 0.651. The van der Waals surface area contributed by atoms with Gasteiger partial charge in [0.15, 0.2) is 6.04 Å². The van der Waals surface area contributed by atoms with E-state index in [-0.39, 0.29) is 0 Å². The Balaban J connectivity index is 2.61. The summed E-state index contributed by atoms with van der Waals surface area (Å²) in [6, 6.07) is 4.45. The molecule has 0 fully saturated rings. The summed E-state index contributed by atoms with van der Waals surface area (Å²) in [5, 5.41) is 22.6. The zero-order chi connectivity index (χ0) is 14.4. The molecule has 1 aromatic rings. The van der Waals surface area contributed by atoms with Crippen LogP contribution >= 0.6 is 0 Å². The summed E-state index contributed by atoms with van der Waals surface area (Å²) in [6.45, 7) is 1.28. The van der Waals surface area contributed by atoms with Crippen LogP contribution in [-0.2, 0) is 4.79 Å². The Labute approximate surface area is 110 Å². The zero-order valence-corrected chi connectivity index (χ0v) is 10.6. The van der Waals surface area contributed by atoms with Crippen molar-refractivity contribution >= 4 is 17.7 Å². The van der Waals surface area contributed by atoms with Crippen LogP contribution in [0, 0.1) is 0 Å². The van der Waals surface area contributed by atoms with Crippen molar-refractivity contribution in [2.75, 3.05) is 12.4 Å². The Morgan fingerprint density at radius 1 is 1.26 bits per heavy atom. The highest BCUT2D eigenvalue weighted by Gasteiger charge is 2.24. The SMILES string of the molecule is COc1ccc(NC(=O)NC(C(=O)O)C(C)O)cc1. The second-order valence-electron chi connectivity index (χ2n) is 3.88. The Hall–Kier alpha value is -2.28. The first-order chi connectivity index (χ1) is 8.93. The number of carboxylic acids is 1. The van der Waals surface area contributed by atoms with Crippen molar-refractivity contribution in [1.29, 1.82) is 0 Å². The molecule has 0 aliphatic carbocycles. The first-order valence-corrected chi connectivity index (χ1v) is 5.56. The maximum atomic E-state index is 11.6. The average Bonchev–Trinajstić information content (AvgIpc) is 2.36. The lowest BCUT2D eigenvalue weighted by Crippen LogP contribution is -2.49. The maximum Gasteiger partial charge on any atom is 0.328 e. The molecule has 0 heterocycles. The third-order valence-electron chi connectivity index (χ3n) is 2.38. The van der Waals surface area contributed by atoms with Crippen molar-refractivity contribution in [1.82, 2.24) is 5.32 Å². The molecule has 0 saturated heterocycles.